The highest BCUT2D eigenvalue weighted by Crippen LogP contribution is 2.13. The number of rotatable bonds is 2. The first-order chi connectivity index (χ1) is 9.65. The van der Waals surface area contributed by atoms with E-state index in [-0.39, 0.29) is 17.0 Å². The summed E-state index contributed by atoms with van der Waals surface area (Å²) in [4.78, 5) is 33.7. The largest absolute Gasteiger partial charge is 0.365 e. The van der Waals surface area contributed by atoms with E-state index in [0.29, 0.717) is 10.0 Å². The lowest BCUT2D eigenvalue weighted by Gasteiger charge is -2.04. The molecule has 0 aliphatic rings. The van der Waals surface area contributed by atoms with E-state index in [1.54, 1.807) is 24.5 Å². The lowest BCUT2D eigenvalue weighted by molar-refractivity contribution is 0.102. The predicted molar refractivity (Wildman–Crippen MR) is 78.8 cm³/mol. The summed E-state index contributed by atoms with van der Waals surface area (Å²) in [6, 6.07) is 5.08. The molecule has 1 aromatic carbocycles. The van der Waals surface area contributed by atoms with Gasteiger partial charge in [-0.05, 0) is 34.1 Å². The lowest BCUT2D eigenvalue weighted by Crippen LogP contribution is -2.18. The molecule has 0 fully saturated rings. The maximum Gasteiger partial charge on any atom is 0.255 e. The van der Waals surface area contributed by atoms with Crippen LogP contribution in [-0.2, 0) is 0 Å². The number of hydrogen-bond acceptors (Lipinski definition) is 3. The summed E-state index contributed by atoms with van der Waals surface area (Å²) in [7, 11) is 0. The molecule has 7 heteroatoms. The monoisotopic (exact) mass is 332 g/mol. The van der Waals surface area contributed by atoms with Gasteiger partial charge in [-0.15, -0.1) is 0 Å². The Hall–Kier alpha value is -2.41. The van der Waals surface area contributed by atoms with Crippen molar-refractivity contribution in [2.75, 3.05) is 5.32 Å². The molecule has 1 amide bonds. The Morgan fingerprint density at radius 1 is 1.30 bits per heavy atom. The minimum atomic E-state index is -0.356. The molecule has 0 aliphatic heterocycles. The molecular formula is C13H9BrN4O2. The highest BCUT2D eigenvalue weighted by atomic mass is 79.9. The van der Waals surface area contributed by atoms with Crippen LogP contribution in [0.3, 0.4) is 0 Å². The first-order valence-electron chi connectivity index (χ1n) is 5.76. The molecule has 3 N–H and O–H groups in total. The first kappa shape index (κ1) is 12.6. The predicted octanol–water partition coefficient (Wildman–Crippen LogP) is 2.27. The van der Waals surface area contributed by atoms with E-state index in [1.807, 2.05) is 0 Å². The number of carbonyl (C=O) groups excluding carboxylic acids is 1. The Balaban J connectivity index is 1.92. The van der Waals surface area contributed by atoms with Crippen molar-refractivity contribution in [3.63, 3.8) is 0 Å². The third-order valence-corrected chi connectivity index (χ3v) is 3.42. The number of anilines is 1. The maximum atomic E-state index is 12.1. The number of H-pyrrole nitrogens is 2. The van der Waals surface area contributed by atoms with Gasteiger partial charge in [0.25, 0.3) is 5.91 Å². The first-order valence-corrected chi connectivity index (χ1v) is 6.55. The smallest absolute Gasteiger partial charge is 0.255 e. The Bertz CT molecular complexity index is 853. The summed E-state index contributed by atoms with van der Waals surface area (Å²) >= 11 is 3.11. The van der Waals surface area contributed by atoms with Gasteiger partial charge in [-0.25, -0.2) is 4.98 Å². The summed E-state index contributed by atoms with van der Waals surface area (Å²) in [5, 5.41) is 2.58. The van der Waals surface area contributed by atoms with Crippen molar-refractivity contribution in [3.8, 4) is 0 Å². The van der Waals surface area contributed by atoms with Gasteiger partial charge in [0, 0.05) is 18.0 Å². The molecule has 0 spiro atoms. The third-order valence-electron chi connectivity index (χ3n) is 2.83. The van der Waals surface area contributed by atoms with Gasteiger partial charge in [0.1, 0.15) is 5.69 Å². The topological polar surface area (TPSA) is 90.6 Å². The van der Waals surface area contributed by atoms with Crippen molar-refractivity contribution in [1.29, 1.82) is 0 Å². The number of amides is 1. The standard InChI is InChI=1S/C13H9BrN4O2/c14-8-4-15-5-11(12(8)19)18-13(20)7-1-2-9-10(3-7)17-6-16-9/h1-6H,(H,15,19)(H,16,17)(H,18,20). The van der Waals surface area contributed by atoms with Crippen LogP contribution in [0.2, 0.25) is 0 Å². The number of fused-ring (bicyclic) bond motifs is 1. The molecule has 0 saturated heterocycles. The highest BCUT2D eigenvalue weighted by Gasteiger charge is 2.10. The molecule has 3 rings (SSSR count). The molecule has 0 atom stereocenters. The minimum Gasteiger partial charge on any atom is -0.365 e. The molecule has 100 valence electrons. The lowest BCUT2D eigenvalue weighted by atomic mass is 10.2. The quantitative estimate of drug-likeness (QED) is 0.672. The molecular weight excluding hydrogens is 324 g/mol. The minimum absolute atomic E-state index is 0.189. The fraction of sp³-hybridized carbons (Fsp3) is 0. The third kappa shape index (κ3) is 2.23. The van der Waals surface area contributed by atoms with E-state index in [1.165, 1.54) is 12.4 Å². The molecule has 0 aliphatic carbocycles. The van der Waals surface area contributed by atoms with Gasteiger partial charge in [0.2, 0.25) is 5.43 Å². The second-order valence-electron chi connectivity index (χ2n) is 4.13. The number of nitrogens with zero attached hydrogens (tertiary/aromatic N) is 1. The van der Waals surface area contributed by atoms with Crippen LogP contribution in [0, 0.1) is 0 Å². The van der Waals surface area contributed by atoms with E-state index >= 15 is 0 Å². The summed E-state index contributed by atoms with van der Waals surface area (Å²) in [5.74, 6) is -0.356. The van der Waals surface area contributed by atoms with Crippen LogP contribution >= 0.6 is 15.9 Å². The van der Waals surface area contributed by atoms with Crippen molar-refractivity contribution >= 4 is 38.6 Å². The molecule has 0 radical (unpaired) electrons. The van der Waals surface area contributed by atoms with Gasteiger partial charge in [0.15, 0.2) is 0 Å². The van der Waals surface area contributed by atoms with Crippen LogP contribution in [0.4, 0.5) is 5.69 Å². The van der Waals surface area contributed by atoms with Crippen LogP contribution in [0.25, 0.3) is 11.0 Å². The van der Waals surface area contributed by atoms with E-state index in [4.69, 9.17) is 0 Å². The van der Waals surface area contributed by atoms with Crippen molar-refractivity contribution in [2.24, 2.45) is 0 Å². The normalized spacial score (nSPS) is 10.7. The summed E-state index contributed by atoms with van der Waals surface area (Å²) < 4.78 is 0.360. The average Bonchev–Trinajstić information content (AvgIpc) is 2.91. The fourth-order valence-electron chi connectivity index (χ4n) is 1.82. The molecule has 0 bridgehead atoms. The molecule has 2 aromatic heterocycles. The summed E-state index contributed by atoms with van der Waals surface area (Å²) in [5.41, 5.74) is 1.90. The van der Waals surface area contributed by atoms with Gasteiger partial charge >= 0.3 is 0 Å². The van der Waals surface area contributed by atoms with E-state index < -0.39 is 0 Å². The second kappa shape index (κ2) is 4.93. The average molecular weight is 333 g/mol. The van der Waals surface area contributed by atoms with Gasteiger partial charge in [0.05, 0.1) is 21.8 Å². The van der Waals surface area contributed by atoms with Crippen molar-refractivity contribution in [1.82, 2.24) is 15.0 Å². The van der Waals surface area contributed by atoms with E-state index in [9.17, 15) is 9.59 Å². The zero-order chi connectivity index (χ0) is 14.1. The van der Waals surface area contributed by atoms with Crippen LogP contribution in [0.1, 0.15) is 10.4 Å². The zero-order valence-electron chi connectivity index (χ0n) is 10.1. The molecule has 2 heterocycles. The van der Waals surface area contributed by atoms with Gasteiger partial charge in [-0.2, -0.15) is 0 Å². The number of aromatic nitrogens is 3. The van der Waals surface area contributed by atoms with Gasteiger partial charge in [-0.3, -0.25) is 9.59 Å². The number of imidazole rings is 1. The van der Waals surface area contributed by atoms with Crippen LogP contribution in [-0.4, -0.2) is 20.9 Å². The van der Waals surface area contributed by atoms with Gasteiger partial charge < -0.3 is 15.3 Å². The van der Waals surface area contributed by atoms with E-state index in [2.05, 4.69) is 36.2 Å². The van der Waals surface area contributed by atoms with Crippen LogP contribution in [0.15, 0.2) is 46.2 Å². The highest BCUT2D eigenvalue weighted by molar-refractivity contribution is 9.10. The molecule has 6 nitrogen and oxygen atoms in total. The van der Waals surface area contributed by atoms with Crippen LogP contribution in [0.5, 0.6) is 0 Å². The summed E-state index contributed by atoms with van der Waals surface area (Å²) in [6.07, 6.45) is 4.51. The Kier molecular flexibility index (Phi) is 3.11. The SMILES string of the molecule is O=C(Nc1c[nH]cc(Br)c1=O)c1ccc2nc[nH]c2c1. The number of hydrogen-bond donors (Lipinski definition) is 3. The molecule has 20 heavy (non-hydrogen) atoms. The summed E-state index contributed by atoms with van der Waals surface area (Å²) in [6.45, 7) is 0. The zero-order valence-corrected chi connectivity index (χ0v) is 11.7. The Morgan fingerprint density at radius 2 is 2.15 bits per heavy atom. The molecule has 3 aromatic rings. The van der Waals surface area contributed by atoms with Crippen LogP contribution < -0.4 is 10.7 Å². The number of benzene rings is 1. The van der Waals surface area contributed by atoms with E-state index in [0.717, 1.165) is 11.0 Å². The van der Waals surface area contributed by atoms with Crippen molar-refractivity contribution in [3.05, 3.63) is 57.2 Å². The van der Waals surface area contributed by atoms with Gasteiger partial charge in [-0.1, -0.05) is 0 Å². The number of aromatic amines is 2. The second-order valence-corrected chi connectivity index (χ2v) is 4.99. The number of pyridine rings is 1. The molecule has 0 saturated carbocycles. The Labute approximate surface area is 121 Å². The Morgan fingerprint density at radius 3 is 3.00 bits per heavy atom. The molecule has 0 unspecified atom stereocenters. The number of nitrogens with one attached hydrogen (secondary N) is 3. The fourth-order valence-corrected chi connectivity index (χ4v) is 2.17. The maximum absolute atomic E-state index is 12.1. The van der Waals surface area contributed by atoms with Crippen molar-refractivity contribution < 1.29 is 4.79 Å². The number of halogens is 1. The number of carbonyl (C=O) groups is 1. The van der Waals surface area contributed by atoms with Crippen molar-refractivity contribution in [2.45, 2.75) is 0 Å².